The number of piperidine rings is 1. The maximum absolute atomic E-state index is 12.4. The fourth-order valence-corrected chi connectivity index (χ4v) is 3.06. The van der Waals surface area contributed by atoms with Gasteiger partial charge in [-0.05, 0) is 30.9 Å². The van der Waals surface area contributed by atoms with Crippen molar-refractivity contribution in [2.24, 2.45) is 0 Å². The highest BCUT2D eigenvalue weighted by atomic mass is 19.3. The van der Waals surface area contributed by atoms with E-state index in [0.29, 0.717) is 5.92 Å². The Bertz CT molecular complexity index is 383. The van der Waals surface area contributed by atoms with Gasteiger partial charge in [-0.15, -0.1) is 0 Å². The number of likely N-dealkylation sites (tertiary alicyclic amines) is 1. The second-order valence-electron chi connectivity index (χ2n) is 5.60. The Morgan fingerprint density at radius 1 is 1.25 bits per heavy atom. The molecule has 2 atom stereocenters. The summed E-state index contributed by atoms with van der Waals surface area (Å²) in [6.45, 7) is 4.91. The van der Waals surface area contributed by atoms with Crippen LogP contribution in [0.2, 0.25) is 0 Å². The van der Waals surface area contributed by atoms with Crippen LogP contribution >= 0.6 is 0 Å². The molecule has 0 saturated carbocycles. The number of benzene rings is 1. The second kappa shape index (κ2) is 7.70. The lowest BCUT2D eigenvalue weighted by molar-refractivity contribution is 0.121. The molecule has 20 heavy (non-hydrogen) atoms. The zero-order valence-corrected chi connectivity index (χ0v) is 12.1. The Morgan fingerprint density at radius 3 is 2.65 bits per heavy atom. The number of halogens is 2. The van der Waals surface area contributed by atoms with Gasteiger partial charge in [-0.25, -0.2) is 8.78 Å². The zero-order valence-electron chi connectivity index (χ0n) is 12.1. The highest BCUT2D eigenvalue weighted by molar-refractivity contribution is 5.21. The van der Waals surface area contributed by atoms with E-state index in [9.17, 15) is 8.78 Å². The van der Waals surface area contributed by atoms with Crippen molar-refractivity contribution in [1.82, 2.24) is 10.2 Å². The first-order valence-electron chi connectivity index (χ1n) is 7.48. The average molecular weight is 282 g/mol. The SMILES string of the molecule is CCCN1CC(NCC(F)F)CC(c2ccccc2)C1. The molecular weight excluding hydrogens is 258 g/mol. The van der Waals surface area contributed by atoms with E-state index in [4.69, 9.17) is 0 Å². The standard InChI is InChI=1S/C16H24F2N2/c1-2-8-20-11-14(13-6-4-3-5-7-13)9-15(12-20)19-10-16(17)18/h3-7,14-16,19H,2,8-12H2,1H3. The molecule has 2 rings (SSSR count). The topological polar surface area (TPSA) is 15.3 Å². The summed E-state index contributed by atoms with van der Waals surface area (Å²) in [4.78, 5) is 2.39. The molecule has 0 aromatic heterocycles. The van der Waals surface area contributed by atoms with Crippen molar-refractivity contribution >= 4 is 0 Å². The monoisotopic (exact) mass is 282 g/mol. The summed E-state index contributed by atoms with van der Waals surface area (Å²) in [5.41, 5.74) is 1.32. The van der Waals surface area contributed by atoms with Crippen LogP contribution in [0.4, 0.5) is 8.78 Å². The Labute approximate surface area is 120 Å². The summed E-state index contributed by atoms with van der Waals surface area (Å²) < 4.78 is 24.8. The van der Waals surface area contributed by atoms with Crippen molar-refractivity contribution in [2.75, 3.05) is 26.2 Å². The van der Waals surface area contributed by atoms with Crippen LogP contribution in [0.3, 0.4) is 0 Å². The first kappa shape index (κ1) is 15.4. The molecule has 112 valence electrons. The van der Waals surface area contributed by atoms with Gasteiger partial charge in [-0.3, -0.25) is 0 Å². The lowest BCUT2D eigenvalue weighted by Crippen LogP contribution is -2.49. The van der Waals surface area contributed by atoms with Crippen LogP contribution in [0.1, 0.15) is 31.2 Å². The van der Waals surface area contributed by atoms with Gasteiger partial charge in [-0.2, -0.15) is 0 Å². The van der Waals surface area contributed by atoms with Crippen LogP contribution in [-0.4, -0.2) is 43.5 Å². The minimum atomic E-state index is -2.27. The van der Waals surface area contributed by atoms with E-state index in [0.717, 1.165) is 32.5 Å². The number of hydrogen-bond donors (Lipinski definition) is 1. The molecule has 1 fully saturated rings. The van der Waals surface area contributed by atoms with Gasteiger partial charge in [0.25, 0.3) is 6.43 Å². The predicted molar refractivity (Wildman–Crippen MR) is 78.3 cm³/mol. The average Bonchev–Trinajstić information content (AvgIpc) is 2.46. The van der Waals surface area contributed by atoms with Gasteiger partial charge in [0, 0.05) is 19.1 Å². The van der Waals surface area contributed by atoms with E-state index >= 15 is 0 Å². The Kier molecular flexibility index (Phi) is 5.92. The molecule has 1 saturated heterocycles. The first-order valence-corrected chi connectivity index (χ1v) is 7.48. The van der Waals surface area contributed by atoms with Gasteiger partial charge in [-0.1, -0.05) is 37.3 Å². The van der Waals surface area contributed by atoms with Crippen molar-refractivity contribution in [1.29, 1.82) is 0 Å². The third-order valence-electron chi connectivity index (χ3n) is 3.90. The first-order chi connectivity index (χ1) is 9.69. The molecule has 0 aliphatic carbocycles. The molecule has 4 heteroatoms. The molecule has 0 radical (unpaired) electrons. The Morgan fingerprint density at radius 2 is 2.00 bits per heavy atom. The summed E-state index contributed by atoms with van der Waals surface area (Å²) >= 11 is 0. The summed E-state index contributed by atoms with van der Waals surface area (Å²) in [6, 6.07) is 10.6. The van der Waals surface area contributed by atoms with Gasteiger partial charge in [0.2, 0.25) is 0 Å². The fourth-order valence-electron chi connectivity index (χ4n) is 3.06. The lowest BCUT2D eigenvalue weighted by Gasteiger charge is -2.38. The van der Waals surface area contributed by atoms with Crippen LogP contribution in [0.15, 0.2) is 30.3 Å². The summed E-state index contributed by atoms with van der Waals surface area (Å²) in [5.74, 6) is 0.437. The van der Waals surface area contributed by atoms with Crippen molar-refractivity contribution in [2.45, 2.75) is 38.2 Å². The quantitative estimate of drug-likeness (QED) is 0.862. The highest BCUT2D eigenvalue weighted by Gasteiger charge is 2.27. The van der Waals surface area contributed by atoms with E-state index in [1.807, 2.05) is 6.07 Å². The molecule has 0 bridgehead atoms. The molecule has 1 aliphatic heterocycles. The maximum Gasteiger partial charge on any atom is 0.250 e. The third-order valence-corrected chi connectivity index (χ3v) is 3.90. The van der Waals surface area contributed by atoms with Crippen molar-refractivity contribution in [3.63, 3.8) is 0 Å². The highest BCUT2D eigenvalue weighted by Crippen LogP contribution is 2.27. The van der Waals surface area contributed by atoms with Crippen LogP contribution in [0, 0.1) is 0 Å². The summed E-state index contributed by atoms with van der Waals surface area (Å²) in [6.07, 6.45) is -0.230. The molecule has 1 N–H and O–H groups in total. The zero-order chi connectivity index (χ0) is 14.4. The van der Waals surface area contributed by atoms with Gasteiger partial charge in [0.1, 0.15) is 0 Å². The van der Waals surface area contributed by atoms with Gasteiger partial charge >= 0.3 is 0 Å². The van der Waals surface area contributed by atoms with E-state index in [1.54, 1.807) is 0 Å². The van der Waals surface area contributed by atoms with E-state index < -0.39 is 6.43 Å². The van der Waals surface area contributed by atoms with Crippen LogP contribution < -0.4 is 5.32 Å². The van der Waals surface area contributed by atoms with E-state index in [2.05, 4.69) is 41.4 Å². The number of alkyl halides is 2. The molecule has 1 aliphatic rings. The second-order valence-corrected chi connectivity index (χ2v) is 5.60. The van der Waals surface area contributed by atoms with Crippen molar-refractivity contribution < 1.29 is 8.78 Å². The molecular formula is C16H24F2N2. The number of nitrogens with one attached hydrogen (secondary N) is 1. The van der Waals surface area contributed by atoms with Crippen LogP contribution in [-0.2, 0) is 0 Å². The third kappa shape index (κ3) is 4.53. The van der Waals surface area contributed by atoms with Gasteiger partial charge < -0.3 is 10.2 Å². The summed E-state index contributed by atoms with van der Waals surface area (Å²) in [7, 11) is 0. The molecule has 1 aromatic carbocycles. The largest absolute Gasteiger partial charge is 0.307 e. The van der Waals surface area contributed by atoms with Crippen LogP contribution in [0.5, 0.6) is 0 Å². The predicted octanol–water partition coefficient (Wildman–Crippen LogP) is 3.11. The van der Waals surface area contributed by atoms with Gasteiger partial charge in [0.15, 0.2) is 0 Å². The molecule has 0 spiro atoms. The minimum Gasteiger partial charge on any atom is -0.307 e. The number of nitrogens with zero attached hydrogens (tertiary/aromatic N) is 1. The van der Waals surface area contributed by atoms with E-state index in [-0.39, 0.29) is 12.6 Å². The number of rotatable bonds is 6. The summed E-state index contributed by atoms with van der Waals surface area (Å²) in [5, 5.41) is 3.02. The smallest absolute Gasteiger partial charge is 0.250 e. The Balaban J connectivity index is 2.00. The normalized spacial score (nSPS) is 24.2. The molecule has 0 amide bonds. The lowest BCUT2D eigenvalue weighted by atomic mass is 9.88. The number of hydrogen-bond acceptors (Lipinski definition) is 2. The van der Waals surface area contributed by atoms with Crippen molar-refractivity contribution in [3.8, 4) is 0 Å². The maximum atomic E-state index is 12.4. The molecule has 2 unspecified atom stereocenters. The van der Waals surface area contributed by atoms with Gasteiger partial charge in [0.05, 0.1) is 6.54 Å². The Hall–Kier alpha value is -1.00. The van der Waals surface area contributed by atoms with Crippen LogP contribution in [0.25, 0.3) is 0 Å². The molecule has 2 nitrogen and oxygen atoms in total. The molecule has 1 aromatic rings. The minimum absolute atomic E-state index is 0.162. The van der Waals surface area contributed by atoms with Crippen molar-refractivity contribution in [3.05, 3.63) is 35.9 Å². The van der Waals surface area contributed by atoms with E-state index in [1.165, 1.54) is 5.56 Å². The molecule has 1 heterocycles. The fraction of sp³-hybridized carbons (Fsp3) is 0.625.